The van der Waals surface area contributed by atoms with Crippen LogP contribution in [0.5, 0.6) is 0 Å². The van der Waals surface area contributed by atoms with Crippen molar-refractivity contribution in [3.05, 3.63) is 29.3 Å². The second kappa shape index (κ2) is 5.98. The summed E-state index contributed by atoms with van der Waals surface area (Å²) < 4.78 is 101. The molecule has 126 valence electrons. The molecule has 1 aromatic rings. The number of halogens is 6. The standard InChI is InChI=1S/C12H13F6NO2S/c1-3-7(2)22(20,21)19-10-5-8(11(13,14)15)4-9(6-10)12(16,17)18/h4-7,19H,3H2,1-2H3. The van der Waals surface area contributed by atoms with E-state index in [-0.39, 0.29) is 12.5 Å². The first-order valence-corrected chi connectivity index (χ1v) is 7.63. The van der Waals surface area contributed by atoms with E-state index in [1.807, 2.05) is 0 Å². The molecule has 0 saturated carbocycles. The average Bonchev–Trinajstić information content (AvgIpc) is 2.34. The monoisotopic (exact) mass is 349 g/mol. The minimum Gasteiger partial charge on any atom is -0.283 e. The maximum Gasteiger partial charge on any atom is 0.416 e. The fourth-order valence-corrected chi connectivity index (χ4v) is 2.58. The van der Waals surface area contributed by atoms with Gasteiger partial charge in [0.25, 0.3) is 0 Å². The molecule has 0 aliphatic carbocycles. The highest BCUT2D eigenvalue weighted by Gasteiger charge is 2.37. The van der Waals surface area contributed by atoms with Gasteiger partial charge in [0.1, 0.15) is 0 Å². The molecule has 1 unspecified atom stereocenters. The fraction of sp³-hybridized carbons (Fsp3) is 0.500. The fourth-order valence-electron chi connectivity index (χ4n) is 1.50. The number of alkyl halides is 6. The van der Waals surface area contributed by atoms with Gasteiger partial charge < -0.3 is 0 Å². The van der Waals surface area contributed by atoms with Gasteiger partial charge in [-0.2, -0.15) is 26.3 Å². The Kier molecular flexibility index (Phi) is 5.05. The van der Waals surface area contributed by atoms with Crippen LogP contribution < -0.4 is 4.72 Å². The highest BCUT2D eigenvalue weighted by atomic mass is 32.2. The number of hydrogen-bond donors (Lipinski definition) is 1. The van der Waals surface area contributed by atoms with Gasteiger partial charge in [-0.15, -0.1) is 0 Å². The number of rotatable bonds is 4. The molecular formula is C12H13F6NO2S. The average molecular weight is 349 g/mol. The lowest BCUT2D eigenvalue weighted by Crippen LogP contribution is -2.25. The van der Waals surface area contributed by atoms with E-state index in [0.717, 1.165) is 0 Å². The second-order valence-corrected chi connectivity index (χ2v) is 6.76. The molecule has 3 nitrogen and oxygen atoms in total. The zero-order valence-corrected chi connectivity index (χ0v) is 12.3. The summed E-state index contributed by atoms with van der Waals surface area (Å²) in [4.78, 5) is 0. The minimum atomic E-state index is -5.03. The lowest BCUT2D eigenvalue weighted by Gasteiger charge is -2.17. The third-order valence-electron chi connectivity index (χ3n) is 2.95. The maximum atomic E-state index is 12.6. The van der Waals surface area contributed by atoms with Gasteiger partial charge in [-0.1, -0.05) is 6.92 Å². The summed E-state index contributed by atoms with van der Waals surface area (Å²) in [6.45, 7) is 2.82. The third kappa shape index (κ3) is 4.52. The van der Waals surface area contributed by atoms with Crippen molar-refractivity contribution >= 4 is 15.7 Å². The quantitative estimate of drug-likeness (QED) is 0.826. The molecule has 0 fully saturated rings. The number of nitrogens with one attached hydrogen (secondary N) is 1. The minimum absolute atomic E-state index is 0.0684. The molecular weight excluding hydrogens is 336 g/mol. The van der Waals surface area contributed by atoms with Crippen LogP contribution in [0.3, 0.4) is 0 Å². The molecule has 0 bridgehead atoms. The SMILES string of the molecule is CCC(C)S(=O)(=O)Nc1cc(C(F)(F)F)cc(C(F)(F)F)c1. The van der Waals surface area contributed by atoms with Crippen molar-refractivity contribution < 1.29 is 34.8 Å². The molecule has 0 aromatic heterocycles. The Morgan fingerprint density at radius 3 is 1.73 bits per heavy atom. The smallest absolute Gasteiger partial charge is 0.283 e. The van der Waals surface area contributed by atoms with E-state index in [1.165, 1.54) is 13.8 Å². The van der Waals surface area contributed by atoms with Crippen molar-refractivity contribution in [1.82, 2.24) is 0 Å². The molecule has 22 heavy (non-hydrogen) atoms. The van der Waals surface area contributed by atoms with E-state index in [4.69, 9.17) is 0 Å². The molecule has 1 aromatic carbocycles. The van der Waals surface area contributed by atoms with Crippen LogP contribution in [0.15, 0.2) is 18.2 Å². The van der Waals surface area contributed by atoms with E-state index in [1.54, 1.807) is 4.72 Å². The summed E-state index contributed by atoms with van der Waals surface area (Å²) in [5, 5.41) is -0.962. The van der Waals surface area contributed by atoms with Crippen molar-refractivity contribution in [2.24, 2.45) is 0 Å². The Morgan fingerprint density at radius 2 is 1.41 bits per heavy atom. The van der Waals surface area contributed by atoms with Crippen LogP contribution in [0.4, 0.5) is 32.0 Å². The number of anilines is 1. The van der Waals surface area contributed by atoms with Crippen molar-refractivity contribution in [2.75, 3.05) is 4.72 Å². The van der Waals surface area contributed by atoms with E-state index >= 15 is 0 Å². The van der Waals surface area contributed by atoms with Crippen LogP contribution >= 0.6 is 0 Å². The molecule has 0 amide bonds. The molecule has 0 saturated heterocycles. The van der Waals surface area contributed by atoms with Crippen LogP contribution in [-0.4, -0.2) is 13.7 Å². The first-order valence-electron chi connectivity index (χ1n) is 6.08. The van der Waals surface area contributed by atoms with Crippen molar-refractivity contribution in [3.63, 3.8) is 0 Å². The number of benzene rings is 1. The van der Waals surface area contributed by atoms with Crippen LogP contribution in [0, 0.1) is 0 Å². The van der Waals surface area contributed by atoms with Gasteiger partial charge in [-0.25, -0.2) is 8.42 Å². The van der Waals surface area contributed by atoms with Gasteiger partial charge in [-0.3, -0.25) is 4.72 Å². The second-order valence-electron chi connectivity index (χ2n) is 4.66. The predicted molar refractivity (Wildman–Crippen MR) is 68.7 cm³/mol. The van der Waals surface area contributed by atoms with Crippen LogP contribution in [-0.2, 0) is 22.4 Å². The Bertz CT molecular complexity index is 604. The number of sulfonamides is 1. The molecule has 1 rings (SSSR count). The van der Waals surface area contributed by atoms with E-state index in [2.05, 4.69) is 0 Å². The Labute approximate surface area is 123 Å². The Balaban J connectivity index is 3.37. The topological polar surface area (TPSA) is 46.2 Å². The molecule has 0 radical (unpaired) electrons. The molecule has 1 N–H and O–H groups in total. The van der Waals surface area contributed by atoms with E-state index in [0.29, 0.717) is 12.1 Å². The van der Waals surface area contributed by atoms with Crippen LogP contribution in [0.1, 0.15) is 31.4 Å². The lowest BCUT2D eigenvalue weighted by atomic mass is 10.1. The first kappa shape index (κ1) is 18.6. The van der Waals surface area contributed by atoms with Gasteiger partial charge in [0.2, 0.25) is 10.0 Å². The molecule has 10 heteroatoms. The summed E-state index contributed by atoms with van der Waals surface area (Å²) >= 11 is 0. The van der Waals surface area contributed by atoms with Gasteiger partial charge in [0.15, 0.2) is 0 Å². The largest absolute Gasteiger partial charge is 0.416 e. The van der Waals surface area contributed by atoms with Crippen molar-refractivity contribution in [1.29, 1.82) is 0 Å². The normalized spacial score (nSPS) is 14.7. The molecule has 0 spiro atoms. The molecule has 0 aliphatic heterocycles. The highest BCUT2D eigenvalue weighted by Crippen LogP contribution is 2.37. The Morgan fingerprint density at radius 1 is 1.00 bits per heavy atom. The number of hydrogen-bond acceptors (Lipinski definition) is 2. The summed E-state index contributed by atoms with van der Waals surface area (Å²) in [6, 6.07) is 0.589. The summed E-state index contributed by atoms with van der Waals surface area (Å²) in [5.41, 5.74) is -3.93. The van der Waals surface area contributed by atoms with Crippen molar-refractivity contribution in [3.8, 4) is 0 Å². The molecule has 1 atom stereocenters. The van der Waals surface area contributed by atoms with Gasteiger partial charge in [0.05, 0.1) is 16.4 Å². The summed E-state index contributed by atoms with van der Waals surface area (Å²) in [6.07, 6.45) is -9.91. The van der Waals surface area contributed by atoms with Gasteiger partial charge in [-0.05, 0) is 31.5 Å². The van der Waals surface area contributed by atoms with Gasteiger partial charge >= 0.3 is 12.4 Å². The molecule has 0 aliphatic rings. The summed E-state index contributed by atoms with van der Waals surface area (Å²) in [7, 11) is -4.07. The predicted octanol–water partition coefficient (Wildman–Crippen LogP) is 4.26. The van der Waals surface area contributed by atoms with E-state index in [9.17, 15) is 34.8 Å². The maximum absolute atomic E-state index is 12.6. The summed E-state index contributed by atoms with van der Waals surface area (Å²) in [5.74, 6) is 0. The van der Waals surface area contributed by atoms with E-state index < -0.39 is 44.4 Å². The zero-order chi connectivity index (χ0) is 17.3. The zero-order valence-electron chi connectivity index (χ0n) is 11.5. The Hall–Kier alpha value is -1.45. The van der Waals surface area contributed by atoms with Crippen molar-refractivity contribution in [2.45, 2.75) is 37.9 Å². The highest BCUT2D eigenvalue weighted by molar-refractivity contribution is 7.93. The third-order valence-corrected chi connectivity index (χ3v) is 4.87. The lowest BCUT2D eigenvalue weighted by molar-refractivity contribution is -0.143. The first-order chi connectivity index (χ1) is 9.77. The van der Waals surface area contributed by atoms with Crippen LogP contribution in [0.25, 0.3) is 0 Å². The van der Waals surface area contributed by atoms with Gasteiger partial charge in [0, 0.05) is 5.69 Å². The van der Waals surface area contributed by atoms with Crippen LogP contribution in [0.2, 0.25) is 0 Å². The molecule has 0 heterocycles.